The Balaban J connectivity index is 1.78. The van der Waals surface area contributed by atoms with Gasteiger partial charge < -0.3 is 16.0 Å². The van der Waals surface area contributed by atoms with E-state index >= 15 is 0 Å². The Morgan fingerprint density at radius 3 is 3.00 bits per heavy atom. The van der Waals surface area contributed by atoms with E-state index in [2.05, 4.69) is 15.3 Å². The Labute approximate surface area is 99.1 Å². The number of hydrogen-bond acceptors (Lipinski definition) is 3. The van der Waals surface area contributed by atoms with Gasteiger partial charge in [-0.3, -0.25) is 0 Å². The quantitative estimate of drug-likeness (QED) is 0.548. The molecule has 0 aliphatic heterocycles. The van der Waals surface area contributed by atoms with Crippen LogP contribution in [-0.2, 0) is 6.42 Å². The molecule has 5 heteroatoms. The molecule has 2 rings (SSSR count). The van der Waals surface area contributed by atoms with Gasteiger partial charge in [-0.25, -0.2) is 9.37 Å². The smallest absolute Gasteiger partial charge is 0.148 e. The van der Waals surface area contributed by atoms with Crippen molar-refractivity contribution in [2.45, 2.75) is 12.8 Å². The molecule has 1 aromatic heterocycles. The number of aromatic amines is 1. The highest BCUT2D eigenvalue weighted by atomic mass is 19.1. The van der Waals surface area contributed by atoms with Gasteiger partial charge in [0.15, 0.2) is 0 Å². The molecular weight excluding hydrogens is 219 g/mol. The summed E-state index contributed by atoms with van der Waals surface area (Å²) in [6.45, 7) is 0.696. The predicted octanol–water partition coefficient (Wildman–Crippen LogP) is 2.18. The van der Waals surface area contributed by atoms with E-state index in [4.69, 9.17) is 5.73 Å². The van der Waals surface area contributed by atoms with Crippen molar-refractivity contribution in [3.8, 4) is 0 Å². The van der Waals surface area contributed by atoms with Crippen molar-refractivity contribution >= 4 is 11.4 Å². The van der Waals surface area contributed by atoms with Crippen LogP contribution in [0.15, 0.2) is 30.6 Å². The maximum absolute atomic E-state index is 13.4. The van der Waals surface area contributed by atoms with Crippen molar-refractivity contribution < 1.29 is 4.39 Å². The van der Waals surface area contributed by atoms with Crippen molar-refractivity contribution in [2.75, 3.05) is 17.6 Å². The molecule has 1 heterocycles. The third kappa shape index (κ3) is 3.21. The van der Waals surface area contributed by atoms with Crippen LogP contribution in [-0.4, -0.2) is 16.5 Å². The lowest BCUT2D eigenvalue weighted by molar-refractivity contribution is 0.630. The van der Waals surface area contributed by atoms with Gasteiger partial charge in [0.05, 0.1) is 5.69 Å². The first-order valence-corrected chi connectivity index (χ1v) is 5.53. The first-order valence-electron chi connectivity index (χ1n) is 5.53. The molecule has 2 aromatic rings. The van der Waals surface area contributed by atoms with Crippen LogP contribution in [0.1, 0.15) is 12.2 Å². The lowest BCUT2D eigenvalue weighted by Gasteiger charge is -2.07. The summed E-state index contributed by atoms with van der Waals surface area (Å²) in [5.74, 6) is 0.632. The third-order valence-corrected chi connectivity index (χ3v) is 2.45. The van der Waals surface area contributed by atoms with Crippen molar-refractivity contribution in [3.05, 3.63) is 42.2 Å². The van der Waals surface area contributed by atoms with Gasteiger partial charge in [0.2, 0.25) is 0 Å². The highest BCUT2D eigenvalue weighted by Gasteiger charge is 2.01. The van der Waals surface area contributed by atoms with Crippen molar-refractivity contribution in [3.63, 3.8) is 0 Å². The fourth-order valence-corrected chi connectivity index (χ4v) is 1.59. The number of aryl methyl sites for hydroxylation is 1. The minimum Gasteiger partial charge on any atom is -0.399 e. The number of imidazole rings is 1. The van der Waals surface area contributed by atoms with Gasteiger partial charge in [0.1, 0.15) is 11.6 Å². The van der Waals surface area contributed by atoms with E-state index < -0.39 is 0 Å². The molecule has 0 saturated carbocycles. The van der Waals surface area contributed by atoms with Gasteiger partial charge >= 0.3 is 0 Å². The summed E-state index contributed by atoms with van der Waals surface area (Å²) in [6.07, 6.45) is 5.25. The van der Waals surface area contributed by atoms with Crippen LogP contribution in [0.5, 0.6) is 0 Å². The van der Waals surface area contributed by atoms with E-state index in [1.165, 1.54) is 6.07 Å². The van der Waals surface area contributed by atoms with Crippen LogP contribution < -0.4 is 11.1 Å². The van der Waals surface area contributed by atoms with Gasteiger partial charge in [-0.05, 0) is 24.6 Å². The molecule has 0 amide bonds. The van der Waals surface area contributed by atoms with E-state index in [1.807, 2.05) is 0 Å². The van der Waals surface area contributed by atoms with Gasteiger partial charge in [-0.1, -0.05) is 0 Å². The molecule has 0 aliphatic rings. The van der Waals surface area contributed by atoms with Gasteiger partial charge in [0, 0.05) is 31.0 Å². The van der Waals surface area contributed by atoms with Crippen LogP contribution in [0.3, 0.4) is 0 Å². The molecule has 4 nitrogen and oxygen atoms in total. The normalized spacial score (nSPS) is 10.4. The van der Waals surface area contributed by atoms with E-state index in [0.717, 1.165) is 18.7 Å². The Bertz CT molecular complexity index is 467. The maximum atomic E-state index is 13.4. The summed E-state index contributed by atoms with van der Waals surface area (Å²) < 4.78 is 13.4. The minimum atomic E-state index is -0.317. The molecule has 0 unspecified atom stereocenters. The summed E-state index contributed by atoms with van der Waals surface area (Å²) in [7, 11) is 0. The molecular formula is C12H15FN4. The number of benzene rings is 1. The molecule has 1 aromatic carbocycles. The minimum absolute atomic E-state index is 0.317. The zero-order valence-corrected chi connectivity index (χ0v) is 9.41. The number of aromatic nitrogens is 2. The van der Waals surface area contributed by atoms with Crippen LogP contribution >= 0.6 is 0 Å². The number of hydrogen-bond donors (Lipinski definition) is 3. The Morgan fingerprint density at radius 1 is 1.41 bits per heavy atom. The summed E-state index contributed by atoms with van der Waals surface area (Å²) in [6, 6.07) is 4.64. The number of H-pyrrole nitrogens is 1. The fourth-order valence-electron chi connectivity index (χ4n) is 1.59. The molecule has 0 spiro atoms. The highest BCUT2D eigenvalue weighted by molar-refractivity contribution is 5.52. The predicted molar refractivity (Wildman–Crippen MR) is 66.2 cm³/mol. The number of nitrogens with two attached hydrogens (primary N) is 1. The second-order valence-electron chi connectivity index (χ2n) is 3.81. The summed E-state index contributed by atoms with van der Waals surface area (Å²) in [5, 5.41) is 3.03. The Morgan fingerprint density at radius 2 is 2.29 bits per heavy atom. The SMILES string of the molecule is Nc1ccc(NCCCc2ncc[nH]2)c(F)c1. The first kappa shape index (κ1) is 11.4. The zero-order chi connectivity index (χ0) is 12.1. The van der Waals surface area contributed by atoms with Crippen LogP contribution in [0.4, 0.5) is 15.8 Å². The number of nitrogens with one attached hydrogen (secondary N) is 2. The number of anilines is 2. The van der Waals surface area contributed by atoms with Gasteiger partial charge in [-0.2, -0.15) is 0 Å². The highest BCUT2D eigenvalue weighted by Crippen LogP contribution is 2.16. The lowest BCUT2D eigenvalue weighted by Crippen LogP contribution is -2.05. The van der Waals surface area contributed by atoms with E-state index in [0.29, 0.717) is 17.9 Å². The fraction of sp³-hybridized carbons (Fsp3) is 0.250. The molecule has 90 valence electrons. The molecule has 0 radical (unpaired) electrons. The molecule has 0 fully saturated rings. The first-order chi connectivity index (χ1) is 8.25. The molecule has 0 aliphatic carbocycles. The molecule has 0 bridgehead atoms. The third-order valence-electron chi connectivity index (χ3n) is 2.45. The largest absolute Gasteiger partial charge is 0.399 e. The molecule has 0 saturated heterocycles. The average molecular weight is 234 g/mol. The Kier molecular flexibility index (Phi) is 3.59. The summed E-state index contributed by atoms with van der Waals surface area (Å²) in [4.78, 5) is 7.14. The van der Waals surface area contributed by atoms with Crippen molar-refractivity contribution in [2.24, 2.45) is 0 Å². The maximum Gasteiger partial charge on any atom is 0.148 e. The van der Waals surface area contributed by atoms with E-state index in [1.54, 1.807) is 24.5 Å². The number of nitrogens with zero attached hydrogens (tertiary/aromatic N) is 1. The second kappa shape index (κ2) is 5.34. The number of rotatable bonds is 5. The lowest BCUT2D eigenvalue weighted by atomic mass is 10.2. The second-order valence-corrected chi connectivity index (χ2v) is 3.81. The Hall–Kier alpha value is -2.04. The summed E-state index contributed by atoms with van der Waals surface area (Å²) in [5.41, 5.74) is 6.39. The van der Waals surface area contributed by atoms with Crippen LogP contribution in [0.2, 0.25) is 0 Å². The monoisotopic (exact) mass is 234 g/mol. The van der Waals surface area contributed by atoms with Crippen molar-refractivity contribution in [1.29, 1.82) is 0 Å². The van der Waals surface area contributed by atoms with Crippen LogP contribution in [0.25, 0.3) is 0 Å². The van der Waals surface area contributed by atoms with Gasteiger partial charge in [0.25, 0.3) is 0 Å². The molecule has 17 heavy (non-hydrogen) atoms. The van der Waals surface area contributed by atoms with E-state index in [-0.39, 0.29) is 5.82 Å². The van der Waals surface area contributed by atoms with E-state index in [9.17, 15) is 4.39 Å². The van der Waals surface area contributed by atoms with Crippen LogP contribution in [0, 0.1) is 5.82 Å². The topological polar surface area (TPSA) is 66.7 Å². The number of nitrogen functional groups attached to an aromatic ring is 1. The number of halogens is 1. The summed E-state index contributed by atoms with van der Waals surface area (Å²) >= 11 is 0. The molecule has 0 atom stereocenters. The van der Waals surface area contributed by atoms with Crippen molar-refractivity contribution in [1.82, 2.24) is 9.97 Å². The standard InChI is InChI=1S/C12H15FN4/c13-10-8-9(14)3-4-11(10)15-5-1-2-12-16-6-7-17-12/h3-4,6-8,15H,1-2,5,14H2,(H,16,17). The van der Waals surface area contributed by atoms with Gasteiger partial charge in [-0.15, -0.1) is 0 Å². The zero-order valence-electron chi connectivity index (χ0n) is 9.41. The average Bonchev–Trinajstić information content (AvgIpc) is 2.79. The molecule has 4 N–H and O–H groups in total.